The summed E-state index contributed by atoms with van der Waals surface area (Å²) in [6.45, 7) is 0. The molecule has 0 saturated heterocycles. The number of hydrogen-bond donors (Lipinski definition) is 2. The van der Waals surface area contributed by atoms with E-state index in [-0.39, 0.29) is 11.9 Å². The number of aromatic nitrogens is 3. The Bertz CT molecular complexity index is 1220. The molecule has 158 valence electrons. The van der Waals surface area contributed by atoms with Crippen molar-refractivity contribution in [2.75, 3.05) is 11.1 Å². The maximum Gasteiger partial charge on any atom is 0.236 e. The molecule has 0 radical (unpaired) electrons. The monoisotopic (exact) mass is 421 g/mol. The van der Waals surface area contributed by atoms with E-state index < -0.39 is 5.41 Å². The third kappa shape index (κ3) is 3.71. The summed E-state index contributed by atoms with van der Waals surface area (Å²) in [5.41, 5.74) is 10.1. The number of benzene rings is 2. The highest BCUT2D eigenvalue weighted by Crippen LogP contribution is 2.45. The predicted octanol–water partition coefficient (Wildman–Crippen LogP) is 4.85. The van der Waals surface area contributed by atoms with Crippen molar-refractivity contribution in [3.8, 4) is 22.3 Å². The van der Waals surface area contributed by atoms with Gasteiger partial charge in [-0.1, -0.05) is 61.0 Å². The molecule has 0 atom stereocenters. The first-order valence-corrected chi connectivity index (χ1v) is 10.7. The number of nitrogen functional groups attached to an aromatic ring is 1. The Kier molecular flexibility index (Phi) is 5.11. The van der Waals surface area contributed by atoms with E-state index in [4.69, 9.17) is 5.73 Å². The van der Waals surface area contributed by atoms with Gasteiger partial charge in [-0.3, -0.25) is 4.79 Å². The first-order valence-electron chi connectivity index (χ1n) is 10.7. The van der Waals surface area contributed by atoms with Crippen molar-refractivity contribution in [1.82, 2.24) is 15.0 Å². The summed E-state index contributed by atoms with van der Waals surface area (Å²) in [7, 11) is 0. The van der Waals surface area contributed by atoms with Gasteiger partial charge in [0.25, 0.3) is 0 Å². The van der Waals surface area contributed by atoms with E-state index in [1.165, 1.54) is 0 Å². The molecule has 5 rings (SSSR count). The second-order valence-electron chi connectivity index (χ2n) is 8.10. The Morgan fingerprint density at radius 3 is 1.97 bits per heavy atom. The van der Waals surface area contributed by atoms with Crippen LogP contribution in [0.1, 0.15) is 24.8 Å². The Hall–Kier alpha value is -4.06. The number of carbonyl (C=O) groups is 1. The van der Waals surface area contributed by atoms with Crippen LogP contribution in [0.15, 0.2) is 85.3 Å². The number of anilines is 2. The van der Waals surface area contributed by atoms with Gasteiger partial charge in [-0.25, -0.2) is 15.0 Å². The molecule has 0 unspecified atom stereocenters. The summed E-state index contributed by atoms with van der Waals surface area (Å²) >= 11 is 0. The zero-order chi connectivity index (χ0) is 22.0. The van der Waals surface area contributed by atoms with Crippen LogP contribution in [0.3, 0.4) is 0 Å². The van der Waals surface area contributed by atoms with Gasteiger partial charge in [0.2, 0.25) is 11.9 Å². The average molecular weight is 422 g/mol. The second kappa shape index (κ2) is 8.23. The number of rotatable bonds is 5. The largest absolute Gasteiger partial charge is 0.368 e. The lowest BCUT2D eigenvalue weighted by Crippen LogP contribution is -2.46. The minimum absolute atomic E-state index is 0.00715. The number of nitrogens with zero attached hydrogens (tertiary/aromatic N) is 3. The number of nitrogens with two attached hydrogens (primary N) is 1. The van der Waals surface area contributed by atoms with Crippen LogP contribution in [0, 0.1) is 0 Å². The van der Waals surface area contributed by atoms with Gasteiger partial charge in [-0.2, -0.15) is 0 Å². The third-order valence-electron chi connectivity index (χ3n) is 6.20. The fraction of sp³-hybridized carbons (Fsp3) is 0.154. The molecule has 2 heterocycles. The van der Waals surface area contributed by atoms with Crippen LogP contribution in [0.5, 0.6) is 0 Å². The Balaban J connectivity index is 1.33. The first kappa shape index (κ1) is 19.9. The highest BCUT2D eigenvalue weighted by Gasteiger charge is 2.45. The van der Waals surface area contributed by atoms with E-state index in [0.717, 1.165) is 47.1 Å². The number of amides is 1. The maximum absolute atomic E-state index is 13.3. The lowest BCUT2D eigenvalue weighted by molar-refractivity contribution is -0.124. The van der Waals surface area contributed by atoms with E-state index in [1.54, 1.807) is 18.6 Å². The summed E-state index contributed by atoms with van der Waals surface area (Å²) in [5, 5.41) is 3.03. The minimum atomic E-state index is -0.518. The fourth-order valence-electron chi connectivity index (χ4n) is 4.15. The summed E-state index contributed by atoms with van der Waals surface area (Å²) in [4.78, 5) is 25.8. The van der Waals surface area contributed by atoms with Crippen LogP contribution in [0.2, 0.25) is 0 Å². The third-order valence-corrected chi connectivity index (χ3v) is 6.20. The lowest BCUT2D eigenvalue weighted by atomic mass is 9.63. The van der Waals surface area contributed by atoms with Gasteiger partial charge in [0.15, 0.2) is 0 Å². The molecule has 2 aromatic carbocycles. The normalized spacial score (nSPS) is 14.4. The molecule has 4 aromatic rings. The standard InChI is InChI=1S/C26H23N5O/c27-25-29-16-21(17-30-25)19-7-10-22(11-8-19)26(13-4-14-26)24(32)31-23-12-9-20(15-28-23)18-5-2-1-3-6-18/h1-3,5-12,15-17H,4,13-14H2,(H2,27,29,30)(H,28,31,32). The molecular formula is C26H23N5O. The molecule has 32 heavy (non-hydrogen) atoms. The fourth-order valence-corrected chi connectivity index (χ4v) is 4.15. The summed E-state index contributed by atoms with van der Waals surface area (Å²) in [6.07, 6.45) is 7.88. The number of carbonyl (C=O) groups excluding carboxylic acids is 1. The molecule has 1 saturated carbocycles. The smallest absolute Gasteiger partial charge is 0.236 e. The zero-order valence-corrected chi connectivity index (χ0v) is 17.5. The molecule has 0 aliphatic heterocycles. The molecule has 1 fully saturated rings. The highest BCUT2D eigenvalue weighted by atomic mass is 16.2. The molecule has 2 aromatic heterocycles. The second-order valence-corrected chi connectivity index (χ2v) is 8.10. The van der Waals surface area contributed by atoms with E-state index in [2.05, 4.69) is 20.3 Å². The van der Waals surface area contributed by atoms with Crippen molar-refractivity contribution in [1.29, 1.82) is 0 Å². The topological polar surface area (TPSA) is 93.8 Å². The Morgan fingerprint density at radius 1 is 0.750 bits per heavy atom. The van der Waals surface area contributed by atoms with Crippen LogP contribution in [-0.2, 0) is 10.2 Å². The van der Waals surface area contributed by atoms with Crippen LogP contribution in [0.25, 0.3) is 22.3 Å². The van der Waals surface area contributed by atoms with Crippen molar-refractivity contribution in [2.45, 2.75) is 24.7 Å². The van der Waals surface area contributed by atoms with Crippen molar-refractivity contribution in [3.05, 3.63) is 90.9 Å². The van der Waals surface area contributed by atoms with E-state index in [0.29, 0.717) is 5.82 Å². The molecule has 3 N–H and O–H groups in total. The van der Waals surface area contributed by atoms with Crippen LogP contribution < -0.4 is 11.1 Å². The van der Waals surface area contributed by atoms with Crippen molar-refractivity contribution < 1.29 is 4.79 Å². The zero-order valence-electron chi connectivity index (χ0n) is 17.5. The van der Waals surface area contributed by atoms with Gasteiger partial charge in [0.05, 0.1) is 5.41 Å². The first-order chi connectivity index (χ1) is 15.6. The average Bonchev–Trinajstić information content (AvgIpc) is 2.80. The van der Waals surface area contributed by atoms with E-state index in [1.807, 2.05) is 66.7 Å². The summed E-state index contributed by atoms with van der Waals surface area (Å²) in [5.74, 6) is 0.810. The quantitative estimate of drug-likeness (QED) is 0.480. The molecule has 6 heteroatoms. The molecule has 1 aliphatic rings. The van der Waals surface area contributed by atoms with Gasteiger partial charge in [0, 0.05) is 29.7 Å². The highest BCUT2D eigenvalue weighted by molar-refractivity contribution is 5.99. The van der Waals surface area contributed by atoms with Crippen molar-refractivity contribution in [2.24, 2.45) is 0 Å². The molecule has 0 spiro atoms. The Labute approximate surface area is 186 Å². The molecule has 0 bridgehead atoms. The van der Waals surface area contributed by atoms with Gasteiger partial charge in [-0.15, -0.1) is 0 Å². The van der Waals surface area contributed by atoms with Crippen molar-refractivity contribution in [3.63, 3.8) is 0 Å². The van der Waals surface area contributed by atoms with E-state index in [9.17, 15) is 4.79 Å². The molecular weight excluding hydrogens is 398 g/mol. The summed E-state index contributed by atoms with van der Waals surface area (Å²) in [6, 6.07) is 22.0. The molecule has 6 nitrogen and oxygen atoms in total. The molecule has 1 amide bonds. The summed E-state index contributed by atoms with van der Waals surface area (Å²) < 4.78 is 0. The number of pyridine rings is 1. The van der Waals surface area contributed by atoms with Crippen LogP contribution in [0.4, 0.5) is 11.8 Å². The van der Waals surface area contributed by atoms with Gasteiger partial charge >= 0.3 is 0 Å². The SMILES string of the molecule is Nc1ncc(-c2ccc(C3(C(=O)Nc4ccc(-c5ccccc5)cn4)CCC3)cc2)cn1. The Morgan fingerprint density at radius 2 is 1.38 bits per heavy atom. The maximum atomic E-state index is 13.3. The minimum Gasteiger partial charge on any atom is -0.368 e. The number of nitrogens with one attached hydrogen (secondary N) is 1. The van der Waals surface area contributed by atoms with Gasteiger partial charge in [0.1, 0.15) is 5.82 Å². The predicted molar refractivity (Wildman–Crippen MR) is 126 cm³/mol. The van der Waals surface area contributed by atoms with Gasteiger partial charge in [-0.05, 0) is 41.7 Å². The van der Waals surface area contributed by atoms with E-state index >= 15 is 0 Å². The van der Waals surface area contributed by atoms with Crippen LogP contribution >= 0.6 is 0 Å². The molecule has 1 aliphatic carbocycles. The van der Waals surface area contributed by atoms with Crippen molar-refractivity contribution >= 4 is 17.7 Å². The van der Waals surface area contributed by atoms with Gasteiger partial charge < -0.3 is 11.1 Å². The lowest BCUT2D eigenvalue weighted by Gasteiger charge is -2.40. The number of hydrogen-bond acceptors (Lipinski definition) is 5. The van der Waals surface area contributed by atoms with Crippen LogP contribution in [-0.4, -0.2) is 20.9 Å².